The van der Waals surface area contributed by atoms with Gasteiger partial charge in [0.05, 0.1) is 0 Å². The highest BCUT2D eigenvalue weighted by molar-refractivity contribution is 7.99. The zero-order valence-corrected chi connectivity index (χ0v) is 11.3. The number of rotatable bonds is 5. The zero-order valence-electron chi connectivity index (χ0n) is 10.5. The average Bonchev–Trinajstić information content (AvgIpc) is 2.40. The van der Waals surface area contributed by atoms with Crippen molar-refractivity contribution in [3.8, 4) is 0 Å². The molecule has 0 spiro atoms. The van der Waals surface area contributed by atoms with Crippen LogP contribution in [0.15, 0.2) is 47.0 Å². The van der Waals surface area contributed by atoms with Gasteiger partial charge in [0.15, 0.2) is 0 Å². The summed E-state index contributed by atoms with van der Waals surface area (Å²) in [6, 6.07) is 6.35. The number of nitrogens with one attached hydrogen (secondary N) is 1. The summed E-state index contributed by atoms with van der Waals surface area (Å²) in [6.07, 6.45) is 5.13. The average molecular weight is 260 g/mol. The molecule has 2 aromatic heterocycles. The number of hydrogen-bond donors (Lipinski definition) is 1. The third kappa shape index (κ3) is 3.51. The highest BCUT2D eigenvalue weighted by Crippen LogP contribution is 2.25. The minimum atomic E-state index is 0.336. The SMILES string of the molecule is CCNC(C)c1ccnc(Sc2ccncn2)c1. The Bertz CT molecular complexity index is 489. The van der Waals surface area contributed by atoms with E-state index in [9.17, 15) is 0 Å². The van der Waals surface area contributed by atoms with Gasteiger partial charge in [-0.3, -0.25) is 0 Å². The lowest BCUT2D eigenvalue weighted by Gasteiger charge is -2.13. The van der Waals surface area contributed by atoms with E-state index < -0.39 is 0 Å². The minimum Gasteiger partial charge on any atom is -0.310 e. The van der Waals surface area contributed by atoms with Crippen molar-refractivity contribution in [3.63, 3.8) is 0 Å². The minimum absolute atomic E-state index is 0.336. The van der Waals surface area contributed by atoms with E-state index in [1.165, 1.54) is 5.56 Å². The second-order valence-electron chi connectivity index (χ2n) is 3.86. The fourth-order valence-corrected chi connectivity index (χ4v) is 2.37. The first-order chi connectivity index (χ1) is 8.79. The zero-order chi connectivity index (χ0) is 12.8. The van der Waals surface area contributed by atoms with Gasteiger partial charge in [-0.25, -0.2) is 15.0 Å². The fourth-order valence-electron chi connectivity index (χ4n) is 1.62. The molecule has 0 aliphatic heterocycles. The summed E-state index contributed by atoms with van der Waals surface area (Å²) >= 11 is 1.55. The van der Waals surface area contributed by atoms with Crippen LogP contribution in [0.3, 0.4) is 0 Å². The lowest BCUT2D eigenvalue weighted by Crippen LogP contribution is -2.17. The van der Waals surface area contributed by atoms with Crippen molar-refractivity contribution in [3.05, 3.63) is 42.5 Å². The van der Waals surface area contributed by atoms with Crippen LogP contribution in [0.5, 0.6) is 0 Å². The second-order valence-corrected chi connectivity index (χ2v) is 4.90. The van der Waals surface area contributed by atoms with E-state index >= 15 is 0 Å². The highest BCUT2D eigenvalue weighted by atomic mass is 32.2. The van der Waals surface area contributed by atoms with Crippen LogP contribution < -0.4 is 5.32 Å². The van der Waals surface area contributed by atoms with Gasteiger partial charge in [0.25, 0.3) is 0 Å². The van der Waals surface area contributed by atoms with Gasteiger partial charge in [-0.15, -0.1) is 0 Å². The molecule has 4 nitrogen and oxygen atoms in total. The Balaban J connectivity index is 2.12. The van der Waals surface area contributed by atoms with E-state index in [4.69, 9.17) is 0 Å². The van der Waals surface area contributed by atoms with Crippen LogP contribution in [0.2, 0.25) is 0 Å². The molecular formula is C13H16N4S. The summed E-state index contributed by atoms with van der Waals surface area (Å²) in [5, 5.41) is 5.25. The molecule has 1 unspecified atom stereocenters. The fraction of sp³-hybridized carbons (Fsp3) is 0.308. The summed E-state index contributed by atoms with van der Waals surface area (Å²) in [4.78, 5) is 12.4. The Kier molecular flexibility index (Phi) is 4.66. The molecule has 0 radical (unpaired) electrons. The molecule has 0 aliphatic carbocycles. The first kappa shape index (κ1) is 13.0. The maximum absolute atomic E-state index is 4.35. The van der Waals surface area contributed by atoms with Crippen LogP contribution >= 0.6 is 11.8 Å². The molecule has 2 heterocycles. The normalized spacial score (nSPS) is 12.3. The van der Waals surface area contributed by atoms with Crippen molar-refractivity contribution >= 4 is 11.8 Å². The summed E-state index contributed by atoms with van der Waals surface area (Å²) in [5.41, 5.74) is 1.24. The second kappa shape index (κ2) is 6.47. The molecule has 0 saturated carbocycles. The van der Waals surface area contributed by atoms with Gasteiger partial charge in [-0.1, -0.05) is 6.92 Å². The molecule has 94 valence electrons. The quantitative estimate of drug-likeness (QED) is 0.838. The third-order valence-corrected chi connectivity index (χ3v) is 3.42. The third-order valence-electron chi connectivity index (χ3n) is 2.53. The molecule has 0 aliphatic rings. The van der Waals surface area contributed by atoms with E-state index in [2.05, 4.69) is 40.2 Å². The van der Waals surface area contributed by atoms with Gasteiger partial charge >= 0.3 is 0 Å². The van der Waals surface area contributed by atoms with Crippen molar-refractivity contribution < 1.29 is 0 Å². The van der Waals surface area contributed by atoms with E-state index in [0.717, 1.165) is 16.6 Å². The van der Waals surface area contributed by atoms with Crippen LogP contribution in [-0.4, -0.2) is 21.5 Å². The summed E-state index contributed by atoms with van der Waals surface area (Å²) in [5.74, 6) is 0. The summed E-state index contributed by atoms with van der Waals surface area (Å²) in [6.45, 7) is 5.21. The largest absolute Gasteiger partial charge is 0.310 e. The Morgan fingerprint density at radius 3 is 2.83 bits per heavy atom. The van der Waals surface area contributed by atoms with E-state index in [0.29, 0.717) is 6.04 Å². The number of hydrogen-bond acceptors (Lipinski definition) is 5. The molecule has 0 bridgehead atoms. The van der Waals surface area contributed by atoms with Crippen LogP contribution in [0.25, 0.3) is 0 Å². The molecule has 0 amide bonds. The Hall–Kier alpha value is -1.46. The first-order valence-corrected chi connectivity index (χ1v) is 6.74. The molecular weight excluding hydrogens is 244 g/mol. The van der Waals surface area contributed by atoms with Gasteiger partial charge in [0, 0.05) is 18.4 Å². The monoisotopic (exact) mass is 260 g/mol. The Morgan fingerprint density at radius 2 is 2.11 bits per heavy atom. The maximum Gasteiger partial charge on any atom is 0.116 e. The van der Waals surface area contributed by atoms with Crippen molar-refractivity contribution in [1.29, 1.82) is 0 Å². The topological polar surface area (TPSA) is 50.7 Å². The Morgan fingerprint density at radius 1 is 1.22 bits per heavy atom. The highest BCUT2D eigenvalue weighted by Gasteiger charge is 2.06. The van der Waals surface area contributed by atoms with Crippen LogP contribution in [0, 0.1) is 0 Å². The van der Waals surface area contributed by atoms with Gasteiger partial charge in [-0.2, -0.15) is 0 Å². The molecule has 0 fully saturated rings. The molecule has 2 rings (SSSR count). The van der Waals surface area contributed by atoms with E-state index in [1.54, 1.807) is 24.3 Å². The number of pyridine rings is 1. The first-order valence-electron chi connectivity index (χ1n) is 5.92. The number of aromatic nitrogens is 3. The van der Waals surface area contributed by atoms with Crippen molar-refractivity contribution in [2.75, 3.05) is 6.54 Å². The molecule has 1 N–H and O–H groups in total. The smallest absolute Gasteiger partial charge is 0.116 e. The Labute approximate surface area is 111 Å². The number of nitrogens with zero attached hydrogens (tertiary/aromatic N) is 3. The van der Waals surface area contributed by atoms with Gasteiger partial charge in [0.2, 0.25) is 0 Å². The van der Waals surface area contributed by atoms with Crippen LogP contribution in [-0.2, 0) is 0 Å². The van der Waals surface area contributed by atoms with Crippen molar-refractivity contribution in [1.82, 2.24) is 20.3 Å². The predicted octanol–water partition coefficient (Wildman–Crippen LogP) is 2.69. The molecule has 0 aromatic carbocycles. The predicted molar refractivity (Wildman–Crippen MR) is 72.5 cm³/mol. The molecule has 1 atom stereocenters. The van der Waals surface area contributed by atoms with Gasteiger partial charge in [0.1, 0.15) is 16.4 Å². The van der Waals surface area contributed by atoms with Crippen molar-refractivity contribution in [2.24, 2.45) is 0 Å². The van der Waals surface area contributed by atoms with Crippen LogP contribution in [0.1, 0.15) is 25.5 Å². The summed E-state index contributed by atoms with van der Waals surface area (Å²) in [7, 11) is 0. The van der Waals surface area contributed by atoms with E-state index in [-0.39, 0.29) is 0 Å². The molecule has 2 aromatic rings. The van der Waals surface area contributed by atoms with Gasteiger partial charge in [-0.05, 0) is 49.0 Å². The standard InChI is InChI=1S/C13H16N4S/c1-3-15-10(2)11-4-7-16-13(8-11)18-12-5-6-14-9-17-12/h4-10,15H,3H2,1-2H3. The molecule has 18 heavy (non-hydrogen) atoms. The van der Waals surface area contributed by atoms with Crippen LogP contribution in [0.4, 0.5) is 0 Å². The molecule has 5 heteroatoms. The summed E-state index contributed by atoms with van der Waals surface area (Å²) < 4.78 is 0. The van der Waals surface area contributed by atoms with Crippen molar-refractivity contribution in [2.45, 2.75) is 29.9 Å². The lowest BCUT2D eigenvalue weighted by molar-refractivity contribution is 0.596. The van der Waals surface area contributed by atoms with E-state index in [1.807, 2.05) is 18.3 Å². The lowest BCUT2D eigenvalue weighted by atomic mass is 10.1. The van der Waals surface area contributed by atoms with Gasteiger partial charge < -0.3 is 5.32 Å². The maximum atomic E-state index is 4.35. The molecule has 0 saturated heterocycles.